The second-order valence-corrected chi connectivity index (χ2v) is 5.81. The third kappa shape index (κ3) is 5.25. The Labute approximate surface area is 108 Å². The molecule has 0 saturated heterocycles. The lowest BCUT2D eigenvalue weighted by Gasteiger charge is -2.32. The van der Waals surface area contributed by atoms with Gasteiger partial charge in [0.25, 0.3) is 0 Å². The zero-order valence-corrected chi connectivity index (χ0v) is 11.4. The largest absolute Gasteiger partial charge is 0.393 e. The molecule has 0 aliphatic heterocycles. The van der Waals surface area contributed by atoms with Crippen LogP contribution in [0.3, 0.4) is 0 Å². The number of halogens is 2. The van der Waals surface area contributed by atoms with Gasteiger partial charge in [0, 0.05) is 31.8 Å². The van der Waals surface area contributed by atoms with E-state index in [1.165, 1.54) is 0 Å². The molecule has 1 aliphatic rings. The van der Waals surface area contributed by atoms with Gasteiger partial charge in [-0.3, -0.25) is 0 Å². The maximum atomic E-state index is 13.2. The summed E-state index contributed by atoms with van der Waals surface area (Å²) < 4.78 is 26.5. The molecule has 0 spiro atoms. The summed E-state index contributed by atoms with van der Waals surface area (Å²) >= 11 is 4.91. The Hall–Kier alpha value is -0.290. The number of rotatable bonds is 5. The molecule has 1 rings (SSSR count). The fraction of sp³-hybridized carbons (Fsp3) is 0.917. The van der Waals surface area contributed by atoms with Crippen molar-refractivity contribution in [2.75, 3.05) is 20.1 Å². The van der Waals surface area contributed by atoms with Gasteiger partial charge >= 0.3 is 0 Å². The normalized spacial score (nSPS) is 25.8. The predicted molar refractivity (Wildman–Crippen MR) is 70.4 cm³/mol. The highest BCUT2D eigenvalue weighted by molar-refractivity contribution is 7.80. The van der Waals surface area contributed by atoms with E-state index in [0.717, 1.165) is 13.0 Å². The molecule has 0 amide bonds. The molecule has 0 aromatic heterocycles. The van der Waals surface area contributed by atoms with Gasteiger partial charge in [0.1, 0.15) is 0 Å². The molecule has 2 nitrogen and oxygen atoms in total. The molecule has 1 saturated carbocycles. The van der Waals surface area contributed by atoms with E-state index in [-0.39, 0.29) is 24.7 Å². The van der Waals surface area contributed by atoms with Crippen LogP contribution in [-0.2, 0) is 0 Å². The zero-order valence-electron chi connectivity index (χ0n) is 10.6. The summed E-state index contributed by atoms with van der Waals surface area (Å²) in [7, 11) is 1.95. The number of hydrogen-bond donors (Lipinski definition) is 1. The van der Waals surface area contributed by atoms with Crippen LogP contribution < -0.4 is 5.73 Å². The SMILES string of the molecule is CC(CN(C)CC1CCCC(F)(F)C1)C(N)=S. The van der Waals surface area contributed by atoms with Gasteiger partial charge < -0.3 is 10.6 Å². The molecule has 1 aliphatic carbocycles. The van der Waals surface area contributed by atoms with Gasteiger partial charge in [-0.25, -0.2) is 8.78 Å². The van der Waals surface area contributed by atoms with Crippen LogP contribution >= 0.6 is 12.2 Å². The molecular formula is C12H22F2N2S. The van der Waals surface area contributed by atoms with Gasteiger partial charge in [-0.05, 0) is 25.8 Å². The zero-order chi connectivity index (χ0) is 13.1. The predicted octanol–water partition coefficient (Wildman–Crippen LogP) is 2.67. The van der Waals surface area contributed by atoms with Crippen LogP contribution in [0, 0.1) is 11.8 Å². The number of hydrogen-bond acceptors (Lipinski definition) is 2. The van der Waals surface area contributed by atoms with E-state index in [9.17, 15) is 8.78 Å². The van der Waals surface area contributed by atoms with Gasteiger partial charge in [0.2, 0.25) is 5.92 Å². The Morgan fingerprint density at radius 3 is 2.76 bits per heavy atom. The molecule has 5 heteroatoms. The van der Waals surface area contributed by atoms with Crippen LogP contribution in [0.1, 0.15) is 32.6 Å². The van der Waals surface area contributed by atoms with Gasteiger partial charge in [0.15, 0.2) is 0 Å². The molecule has 0 heterocycles. The number of nitrogens with two attached hydrogens (primary N) is 1. The first kappa shape index (κ1) is 14.8. The minimum absolute atomic E-state index is 0.0266. The first-order valence-electron chi connectivity index (χ1n) is 6.16. The van der Waals surface area contributed by atoms with E-state index < -0.39 is 5.92 Å². The monoisotopic (exact) mass is 264 g/mol. The van der Waals surface area contributed by atoms with Crippen LogP contribution in [0.25, 0.3) is 0 Å². The molecule has 0 bridgehead atoms. The lowest BCUT2D eigenvalue weighted by molar-refractivity contribution is -0.0561. The summed E-state index contributed by atoms with van der Waals surface area (Å²) in [6, 6.07) is 0. The summed E-state index contributed by atoms with van der Waals surface area (Å²) in [6.45, 7) is 3.42. The van der Waals surface area contributed by atoms with Gasteiger partial charge in [-0.15, -0.1) is 0 Å². The van der Waals surface area contributed by atoms with Crippen LogP contribution in [0.2, 0.25) is 0 Å². The highest BCUT2D eigenvalue weighted by Crippen LogP contribution is 2.36. The molecule has 0 aromatic carbocycles. The fourth-order valence-electron chi connectivity index (χ4n) is 2.50. The van der Waals surface area contributed by atoms with Crippen LogP contribution in [0.15, 0.2) is 0 Å². The number of thiocarbonyl (C=S) groups is 1. The van der Waals surface area contributed by atoms with E-state index in [1.807, 2.05) is 14.0 Å². The van der Waals surface area contributed by atoms with E-state index in [4.69, 9.17) is 18.0 Å². The number of alkyl halides is 2. The van der Waals surface area contributed by atoms with Crippen molar-refractivity contribution in [3.63, 3.8) is 0 Å². The second-order valence-electron chi connectivity index (χ2n) is 5.34. The van der Waals surface area contributed by atoms with E-state index in [0.29, 0.717) is 18.0 Å². The third-order valence-corrected chi connectivity index (χ3v) is 3.79. The molecule has 0 aromatic rings. The van der Waals surface area contributed by atoms with Crippen molar-refractivity contribution in [3.05, 3.63) is 0 Å². The summed E-state index contributed by atoms with van der Waals surface area (Å²) in [5, 5.41) is 0. The fourth-order valence-corrected chi connectivity index (χ4v) is 2.58. The minimum atomic E-state index is -2.46. The quantitative estimate of drug-likeness (QED) is 0.774. The lowest BCUT2D eigenvalue weighted by atomic mass is 9.86. The van der Waals surface area contributed by atoms with Gasteiger partial charge in [0.05, 0.1) is 4.99 Å². The van der Waals surface area contributed by atoms with Crippen molar-refractivity contribution in [3.8, 4) is 0 Å². The average molecular weight is 264 g/mol. The van der Waals surface area contributed by atoms with E-state index >= 15 is 0 Å². The molecule has 2 atom stereocenters. The van der Waals surface area contributed by atoms with E-state index in [1.54, 1.807) is 0 Å². The molecule has 0 radical (unpaired) electrons. The van der Waals surface area contributed by atoms with Crippen LogP contribution in [0.4, 0.5) is 8.78 Å². The average Bonchev–Trinajstić information content (AvgIpc) is 2.15. The standard InChI is InChI=1S/C12H22F2N2S/c1-9(11(15)17)7-16(2)8-10-4-3-5-12(13,14)6-10/h9-10H,3-8H2,1-2H3,(H2,15,17). The maximum absolute atomic E-state index is 13.2. The molecule has 2 N–H and O–H groups in total. The molecular weight excluding hydrogens is 242 g/mol. The van der Waals surface area contributed by atoms with Gasteiger partial charge in [-0.1, -0.05) is 19.1 Å². The third-order valence-electron chi connectivity index (χ3n) is 3.38. The maximum Gasteiger partial charge on any atom is 0.248 e. The molecule has 1 fully saturated rings. The number of nitrogens with zero attached hydrogens (tertiary/aromatic N) is 1. The highest BCUT2D eigenvalue weighted by atomic mass is 32.1. The van der Waals surface area contributed by atoms with Crippen LogP contribution in [0.5, 0.6) is 0 Å². The summed E-state index contributed by atoms with van der Waals surface area (Å²) in [5.41, 5.74) is 5.55. The summed E-state index contributed by atoms with van der Waals surface area (Å²) in [5.74, 6) is -2.22. The Morgan fingerprint density at radius 1 is 1.59 bits per heavy atom. The first-order chi connectivity index (χ1) is 7.80. The highest BCUT2D eigenvalue weighted by Gasteiger charge is 2.36. The smallest absolute Gasteiger partial charge is 0.248 e. The minimum Gasteiger partial charge on any atom is -0.393 e. The Morgan fingerprint density at radius 2 is 2.24 bits per heavy atom. The topological polar surface area (TPSA) is 29.3 Å². The van der Waals surface area contributed by atoms with Crippen molar-refractivity contribution in [1.82, 2.24) is 4.90 Å². The second kappa shape index (κ2) is 6.05. The van der Waals surface area contributed by atoms with Crippen molar-refractivity contribution >= 4 is 17.2 Å². The summed E-state index contributed by atoms with van der Waals surface area (Å²) in [6.07, 6.45) is 1.62. The van der Waals surface area contributed by atoms with Crippen molar-refractivity contribution in [1.29, 1.82) is 0 Å². The Bertz CT molecular complexity index is 271. The van der Waals surface area contributed by atoms with Crippen molar-refractivity contribution in [2.45, 2.75) is 38.5 Å². The van der Waals surface area contributed by atoms with Crippen LogP contribution in [-0.4, -0.2) is 35.9 Å². The Balaban J connectivity index is 2.35. The lowest BCUT2D eigenvalue weighted by Crippen LogP contribution is -2.37. The van der Waals surface area contributed by atoms with Crippen molar-refractivity contribution < 1.29 is 8.78 Å². The first-order valence-corrected chi connectivity index (χ1v) is 6.56. The molecule has 2 unspecified atom stereocenters. The molecule has 17 heavy (non-hydrogen) atoms. The summed E-state index contributed by atoms with van der Waals surface area (Å²) in [4.78, 5) is 2.56. The molecule has 100 valence electrons. The van der Waals surface area contributed by atoms with Gasteiger partial charge in [-0.2, -0.15) is 0 Å². The van der Waals surface area contributed by atoms with E-state index in [2.05, 4.69) is 4.90 Å². The van der Waals surface area contributed by atoms with Crippen molar-refractivity contribution in [2.24, 2.45) is 17.6 Å². The Kier molecular flexibility index (Phi) is 5.25.